The van der Waals surface area contributed by atoms with Crippen LogP contribution >= 0.6 is 0 Å². The van der Waals surface area contributed by atoms with Crippen LogP contribution in [-0.4, -0.2) is 24.6 Å². The first-order valence-electron chi connectivity index (χ1n) is 8.79. The number of benzene rings is 2. The second-order valence-electron chi connectivity index (χ2n) is 6.21. The van der Waals surface area contributed by atoms with Crippen LogP contribution in [0, 0.1) is 24.0 Å². The normalized spacial score (nSPS) is 10.7. The Morgan fingerprint density at radius 1 is 1.11 bits per heavy atom. The molecule has 0 atom stereocenters. The Bertz CT molecular complexity index is 875. The lowest BCUT2D eigenvalue weighted by Gasteiger charge is -2.11. The van der Waals surface area contributed by atoms with Crippen LogP contribution < -0.4 is 14.2 Å². The number of ether oxygens (including phenoxy) is 3. The highest BCUT2D eigenvalue weighted by Crippen LogP contribution is 2.29. The van der Waals surface area contributed by atoms with Crippen LogP contribution in [0.15, 0.2) is 42.6 Å². The molecular weight excluding hydrogens is 362 g/mol. The van der Waals surface area contributed by atoms with Crippen LogP contribution in [0.25, 0.3) is 6.08 Å². The molecule has 0 heterocycles. The Labute approximate surface area is 163 Å². The van der Waals surface area contributed by atoms with Crippen LogP contribution in [0.5, 0.6) is 17.2 Å². The number of nitro groups is 1. The van der Waals surface area contributed by atoms with Crippen LogP contribution in [0.3, 0.4) is 0 Å². The monoisotopic (exact) mass is 385 g/mol. The van der Waals surface area contributed by atoms with Gasteiger partial charge in [0.05, 0.1) is 18.6 Å². The molecule has 0 aliphatic heterocycles. The topological polar surface area (TPSA) is 87.9 Å². The van der Waals surface area contributed by atoms with Gasteiger partial charge in [-0.05, 0) is 49.6 Å². The molecule has 0 N–H and O–H groups in total. The van der Waals surface area contributed by atoms with Crippen molar-refractivity contribution in [2.24, 2.45) is 0 Å². The molecule has 0 spiro atoms. The van der Waals surface area contributed by atoms with Gasteiger partial charge in [-0.1, -0.05) is 23.8 Å². The molecule has 0 unspecified atom stereocenters. The van der Waals surface area contributed by atoms with E-state index < -0.39 is 10.9 Å². The summed E-state index contributed by atoms with van der Waals surface area (Å²) >= 11 is 0. The Kier molecular flexibility index (Phi) is 7.56. The number of nitrogens with zero attached hydrogens (tertiary/aromatic N) is 1. The Morgan fingerprint density at radius 3 is 2.54 bits per heavy atom. The highest BCUT2D eigenvalue weighted by molar-refractivity contribution is 5.73. The zero-order chi connectivity index (χ0) is 20.5. The molecule has 2 aromatic rings. The van der Waals surface area contributed by atoms with Gasteiger partial charge in [0.1, 0.15) is 5.75 Å². The van der Waals surface area contributed by atoms with Crippen molar-refractivity contribution in [1.29, 1.82) is 0 Å². The molecule has 0 aliphatic carbocycles. The molecule has 0 aromatic heterocycles. The minimum absolute atomic E-state index is 0.192. The van der Waals surface area contributed by atoms with Crippen molar-refractivity contribution in [3.63, 3.8) is 0 Å². The number of carbonyl (C=O) groups is 1. The Hall–Kier alpha value is -3.35. The largest absolute Gasteiger partial charge is 0.493 e. The molecule has 0 saturated heterocycles. The number of esters is 1. The van der Waals surface area contributed by atoms with Gasteiger partial charge in [-0.3, -0.25) is 14.9 Å². The molecule has 0 aliphatic rings. The summed E-state index contributed by atoms with van der Waals surface area (Å²) in [6.45, 7) is 4.40. The van der Waals surface area contributed by atoms with E-state index in [1.54, 1.807) is 18.2 Å². The summed E-state index contributed by atoms with van der Waals surface area (Å²) in [4.78, 5) is 21.9. The maximum atomic E-state index is 12.1. The van der Waals surface area contributed by atoms with Crippen molar-refractivity contribution in [1.82, 2.24) is 0 Å². The summed E-state index contributed by atoms with van der Waals surface area (Å²) in [5.74, 6) is 0.988. The zero-order valence-corrected chi connectivity index (χ0v) is 16.1. The first-order valence-corrected chi connectivity index (χ1v) is 8.79. The maximum Gasteiger partial charge on any atom is 0.311 e. The lowest BCUT2D eigenvalue weighted by Crippen LogP contribution is -2.10. The van der Waals surface area contributed by atoms with E-state index in [1.165, 1.54) is 18.7 Å². The van der Waals surface area contributed by atoms with E-state index in [1.807, 2.05) is 32.0 Å². The van der Waals surface area contributed by atoms with E-state index >= 15 is 0 Å². The van der Waals surface area contributed by atoms with E-state index in [0.717, 1.165) is 17.5 Å². The number of methoxy groups -OCH3 is 1. The number of aryl methyl sites for hydroxylation is 2. The fourth-order valence-corrected chi connectivity index (χ4v) is 2.55. The Balaban J connectivity index is 1.85. The molecule has 148 valence electrons. The van der Waals surface area contributed by atoms with Gasteiger partial charge in [-0.15, -0.1) is 0 Å². The Morgan fingerprint density at radius 2 is 1.86 bits per heavy atom. The van der Waals surface area contributed by atoms with Crippen LogP contribution in [0.4, 0.5) is 0 Å². The molecule has 0 radical (unpaired) electrons. The second-order valence-corrected chi connectivity index (χ2v) is 6.21. The van der Waals surface area contributed by atoms with Crippen LogP contribution in [0.2, 0.25) is 0 Å². The average molecular weight is 385 g/mol. The fourth-order valence-electron chi connectivity index (χ4n) is 2.55. The number of rotatable bonds is 9. The average Bonchev–Trinajstić information content (AvgIpc) is 2.65. The molecule has 0 bridgehead atoms. The van der Waals surface area contributed by atoms with Crippen molar-refractivity contribution in [2.45, 2.75) is 26.7 Å². The SMILES string of the molecule is COc1cc(C=C[N+](=O)[O-])ccc1OC(=O)CCCOc1ccc(C)cc1C. The van der Waals surface area contributed by atoms with Crippen molar-refractivity contribution in [2.75, 3.05) is 13.7 Å². The summed E-state index contributed by atoms with van der Waals surface area (Å²) in [5, 5.41) is 10.4. The van der Waals surface area contributed by atoms with Gasteiger partial charge in [0.2, 0.25) is 6.20 Å². The quantitative estimate of drug-likeness (QED) is 0.210. The predicted octanol–water partition coefficient (Wildman–Crippen LogP) is 4.32. The molecule has 2 rings (SSSR count). The molecule has 0 saturated carbocycles. The third-order valence-corrected chi connectivity index (χ3v) is 3.91. The van der Waals surface area contributed by atoms with Crippen LogP contribution in [0.1, 0.15) is 29.5 Å². The fraction of sp³-hybridized carbons (Fsp3) is 0.286. The van der Waals surface area contributed by atoms with E-state index in [4.69, 9.17) is 14.2 Å². The summed E-state index contributed by atoms with van der Waals surface area (Å²) in [5.41, 5.74) is 2.79. The molecule has 7 nitrogen and oxygen atoms in total. The van der Waals surface area contributed by atoms with Gasteiger partial charge in [-0.2, -0.15) is 0 Å². The first kappa shape index (κ1) is 21.0. The van der Waals surface area contributed by atoms with Crippen molar-refractivity contribution in [3.05, 3.63) is 69.4 Å². The minimum atomic E-state index is -0.555. The molecule has 7 heteroatoms. The lowest BCUT2D eigenvalue weighted by molar-refractivity contribution is -0.400. The third-order valence-electron chi connectivity index (χ3n) is 3.91. The molecule has 0 fully saturated rings. The molecule has 0 amide bonds. The predicted molar refractivity (Wildman–Crippen MR) is 105 cm³/mol. The molecule has 2 aromatic carbocycles. The summed E-state index contributed by atoms with van der Waals surface area (Å²) in [6, 6.07) is 10.7. The third kappa shape index (κ3) is 6.42. The van der Waals surface area contributed by atoms with Gasteiger partial charge in [0, 0.05) is 12.5 Å². The standard InChI is InChI=1S/C21H23NO6/c1-15-6-8-18(16(2)13-15)27-12-4-5-21(23)28-19-9-7-17(10-11-22(24)25)14-20(19)26-3/h6-11,13-14H,4-5,12H2,1-3H3. The summed E-state index contributed by atoms with van der Waals surface area (Å²) < 4.78 is 16.2. The minimum Gasteiger partial charge on any atom is -0.493 e. The number of carbonyl (C=O) groups excluding carboxylic acids is 1. The molecule has 28 heavy (non-hydrogen) atoms. The van der Waals surface area contributed by atoms with Gasteiger partial charge >= 0.3 is 5.97 Å². The first-order chi connectivity index (χ1) is 13.4. The highest BCUT2D eigenvalue weighted by atomic mass is 16.6. The van der Waals surface area contributed by atoms with Gasteiger partial charge in [0.25, 0.3) is 0 Å². The van der Waals surface area contributed by atoms with Gasteiger partial charge < -0.3 is 14.2 Å². The molecular formula is C21H23NO6. The van der Waals surface area contributed by atoms with Crippen molar-refractivity contribution < 1.29 is 23.9 Å². The second kappa shape index (κ2) is 10.1. The maximum absolute atomic E-state index is 12.1. The van der Waals surface area contributed by atoms with E-state index in [2.05, 4.69) is 0 Å². The van der Waals surface area contributed by atoms with E-state index in [-0.39, 0.29) is 12.2 Å². The van der Waals surface area contributed by atoms with Gasteiger partial charge in [-0.25, -0.2) is 0 Å². The number of hydrogen-bond acceptors (Lipinski definition) is 6. The van der Waals surface area contributed by atoms with Gasteiger partial charge in [0.15, 0.2) is 11.5 Å². The van der Waals surface area contributed by atoms with Crippen molar-refractivity contribution >= 4 is 12.0 Å². The summed E-state index contributed by atoms with van der Waals surface area (Å²) in [7, 11) is 1.44. The smallest absolute Gasteiger partial charge is 0.311 e. The zero-order valence-electron chi connectivity index (χ0n) is 16.1. The highest BCUT2D eigenvalue weighted by Gasteiger charge is 2.11. The van der Waals surface area contributed by atoms with E-state index in [9.17, 15) is 14.9 Å². The summed E-state index contributed by atoms with van der Waals surface area (Å²) in [6.07, 6.45) is 2.86. The van der Waals surface area contributed by atoms with E-state index in [0.29, 0.717) is 24.3 Å². The van der Waals surface area contributed by atoms with Crippen LogP contribution in [-0.2, 0) is 4.79 Å². The number of hydrogen-bond donors (Lipinski definition) is 0. The lowest BCUT2D eigenvalue weighted by atomic mass is 10.1. The van der Waals surface area contributed by atoms with Crippen molar-refractivity contribution in [3.8, 4) is 17.2 Å².